The highest BCUT2D eigenvalue weighted by Crippen LogP contribution is 2.21. The fourth-order valence-corrected chi connectivity index (χ4v) is 3.01. The zero-order valence-electron chi connectivity index (χ0n) is 12.3. The molecule has 0 aliphatic carbocycles. The van der Waals surface area contributed by atoms with Gasteiger partial charge >= 0.3 is 0 Å². The first-order valence-electron chi connectivity index (χ1n) is 7.68. The largest absolute Gasteiger partial charge is 0.314 e. The molecule has 0 radical (unpaired) electrons. The molecule has 3 heteroatoms. The Hall–Kier alpha value is -0.930. The van der Waals surface area contributed by atoms with Crippen molar-refractivity contribution in [1.29, 1.82) is 0 Å². The third-order valence-electron chi connectivity index (χ3n) is 4.13. The summed E-state index contributed by atoms with van der Waals surface area (Å²) >= 11 is 0. The number of hydrogen-bond donors (Lipinski definition) is 1. The van der Waals surface area contributed by atoms with E-state index >= 15 is 0 Å². The average molecular weight is 261 g/mol. The molecule has 0 spiro atoms. The highest BCUT2D eigenvalue weighted by molar-refractivity contribution is 5.08. The van der Waals surface area contributed by atoms with Crippen molar-refractivity contribution in [3.8, 4) is 0 Å². The van der Waals surface area contributed by atoms with Gasteiger partial charge in [-0.25, -0.2) is 0 Å². The van der Waals surface area contributed by atoms with Crippen molar-refractivity contribution in [2.75, 3.05) is 19.6 Å². The van der Waals surface area contributed by atoms with Gasteiger partial charge in [0.05, 0.1) is 0 Å². The summed E-state index contributed by atoms with van der Waals surface area (Å²) in [6.45, 7) is 9.18. The minimum atomic E-state index is 0.718. The molecule has 2 heterocycles. The highest BCUT2D eigenvalue weighted by atomic mass is 15.1. The Morgan fingerprint density at radius 1 is 1.42 bits per heavy atom. The molecular weight excluding hydrogens is 234 g/mol. The van der Waals surface area contributed by atoms with E-state index in [-0.39, 0.29) is 0 Å². The number of piperidine rings is 1. The van der Waals surface area contributed by atoms with Gasteiger partial charge in [-0.3, -0.25) is 9.88 Å². The van der Waals surface area contributed by atoms with Crippen LogP contribution in [0.5, 0.6) is 0 Å². The summed E-state index contributed by atoms with van der Waals surface area (Å²) in [5.74, 6) is 0.789. The standard InChI is InChI=1S/C16H27N3/c1-3-8-18-16-7-10-19(13-15(16)4-2)12-14-6-5-9-17-11-14/h5-6,9,11,15-16,18H,3-4,7-8,10,12-13H2,1-2H3. The number of rotatable bonds is 6. The lowest BCUT2D eigenvalue weighted by atomic mass is 9.89. The van der Waals surface area contributed by atoms with Crippen molar-refractivity contribution >= 4 is 0 Å². The minimum Gasteiger partial charge on any atom is -0.314 e. The maximum absolute atomic E-state index is 4.21. The van der Waals surface area contributed by atoms with Crippen molar-refractivity contribution < 1.29 is 0 Å². The third-order valence-corrected chi connectivity index (χ3v) is 4.13. The van der Waals surface area contributed by atoms with Crippen molar-refractivity contribution in [1.82, 2.24) is 15.2 Å². The normalized spacial score (nSPS) is 24.5. The van der Waals surface area contributed by atoms with E-state index < -0.39 is 0 Å². The topological polar surface area (TPSA) is 28.2 Å². The van der Waals surface area contributed by atoms with Gasteiger partial charge in [-0.2, -0.15) is 0 Å². The predicted octanol–water partition coefficient (Wildman–Crippen LogP) is 2.68. The van der Waals surface area contributed by atoms with Crippen LogP contribution in [0.1, 0.15) is 38.7 Å². The van der Waals surface area contributed by atoms with Crippen LogP contribution < -0.4 is 5.32 Å². The monoisotopic (exact) mass is 261 g/mol. The van der Waals surface area contributed by atoms with Gasteiger partial charge in [-0.15, -0.1) is 0 Å². The van der Waals surface area contributed by atoms with Crippen molar-refractivity contribution in [3.63, 3.8) is 0 Å². The lowest BCUT2D eigenvalue weighted by Gasteiger charge is -2.38. The Bertz CT molecular complexity index is 352. The highest BCUT2D eigenvalue weighted by Gasteiger charge is 2.27. The van der Waals surface area contributed by atoms with Gasteiger partial charge in [0.15, 0.2) is 0 Å². The summed E-state index contributed by atoms with van der Waals surface area (Å²) < 4.78 is 0. The van der Waals surface area contributed by atoms with Gasteiger partial charge in [0.2, 0.25) is 0 Å². The number of aromatic nitrogens is 1. The summed E-state index contributed by atoms with van der Waals surface area (Å²) in [6.07, 6.45) is 7.61. The van der Waals surface area contributed by atoms with E-state index in [0.29, 0.717) is 0 Å². The van der Waals surface area contributed by atoms with Crippen LogP contribution in [0.4, 0.5) is 0 Å². The van der Waals surface area contributed by atoms with E-state index in [1.165, 1.54) is 37.9 Å². The van der Waals surface area contributed by atoms with Gasteiger partial charge in [0.1, 0.15) is 0 Å². The molecule has 0 bridgehead atoms. The summed E-state index contributed by atoms with van der Waals surface area (Å²) in [5.41, 5.74) is 1.33. The fraction of sp³-hybridized carbons (Fsp3) is 0.688. The molecule has 0 amide bonds. The molecule has 1 fully saturated rings. The third kappa shape index (κ3) is 4.29. The molecule has 0 aromatic carbocycles. The second-order valence-electron chi connectivity index (χ2n) is 5.61. The number of nitrogens with zero attached hydrogens (tertiary/aromatic N) is 2. The van der Waals surface area contributed by atoms with Crippen LogP contribution in [-0.2, 0) is 6.54 Å². The van der Waals surface area contributed by atoms with Crippen LogP contribution in [0.2, 0.25) is 0 Å². The Morgan fingerprint density at radius 3 is 3.00 bits per heavy atom. The maximum atomic E-state index is 4.21. The summed E-state index contributed by atoms with van der Waals surface area (Å²) in [4.78, 5) is 6.78. The molecule has 1 aromatic heterocycles. The summed E-state index contributed by atoms with van der Waals surface area (Å²) in [7, 11) is 0. The summed E-state index contributed by atoms with van der Waals surface area (Å²) in [5, 5.41) is 3.72. The van der Waals surface area contributed by atoms with Crippen LogP contribution in [0, 0.1) is 5.92 Å². The van der Waals surface area contributed by atoms with E-state index in [0.717, 1.165) is 25.0 Å². The number of likely N-dealkylation sites (tertiary alicyclic amines) is 1. The first-order valence-corrected chi connectivity index (χ1v) is 7.68. The molecule has 0 saturated carbocycles. The molecular formula is C16H27N3. The van der Waals surface area contributed by atoms with E-state index in [4.69, 9.17) is 0 Å². The van der Waals surface area contributed by atoms with Crippen LogP contribution in [-0.4, -0.2) is 35.6 Å². The molecule has 2 unspecified atom stereocenters. The lowest BCUT2D eigenvalue weighted by Crippen LogP contribution is -2.49. The molecule has 1 aromatic rings. The SMILES string of the molecule is CCCNC1CCN(Cc2cccnc2)CC1CC. The van der Waals surface area contributed by atoms with E-state index in [1.54, 1.807) is 0 Å². The van der Waals surface area contributed by atoms with E-state index in [1.807, 2.05) is 18.5 Å². The smallest absolute Gasteiger partial charge is 0.0312 e. The molecule has 2 rings (SSSR count). The van der Waals surface area contributed by atoms with Crippen LogP contribution in [0.15, 0.2) is 24.5 Å². The van der Waals surface area contributed by atoms with Crippen molar-refractivity contribution in [2.45, 2.75) is 45.7 Å². The molecule has 19 heavy (non-hydrogen) atoms. The average Bonchev–Trinajstić information content (AvgIpc) is 2.47. The van der Waals surface area contributed by atoms with E-state index in [2.05, 4.69) is 35.1 Å². The number of nitrogens with one attached hydrogen (secondary N) is 1. The lowest BCUT2D eigenvalue weighted by molar-refractivity contribution is 0.129. The van der Waals surface area contributed by atoms with Crippen molar-refractivity contribution in [3.05, 3.63) is 30.1 Å². The fourth-order valence-electron chi connectivity index (χ4n) is 3.01. The first-order chi connectivity index (χ1) is 9.33. The van der Waals surface area contributed by atoms with Gasteiger partial charge in [0.25, 0.3) is 0 Å². The van der Waals surface area contributed by atoms with Gasteiger partial charge in [-0.05, 0) is 43.5 Å². The molecule has 1 aliphatic heterocycles. The molecule has 3 nitrogen and oxygen atoms in total. The Morgan fingerprint density at radius 2 is 2.32 bits per heavy atom. The molecule has 1 aliphatic rings. The second kappa shape index (κ2) is 7.61. The molecule has 106 valence electrons. The van der Waals surface area contributed by atoms with Gasteiger partial charge < -0.3 is 5.32 Å². The predicted molar refractivity (Wildman–Crippen MR) is 80.0 cm³/mol. The number of hydrogen-bond acceptors (Lipinski definition) is 3. The summed E-state index contributed by atoms with van der Waals surface area (Å²) in [6, 6.07) is 4.92. The zero-order chi connectivity index (χ0) is 13.5. The Balaban J connectivity index is 1.86. The molecule has 1 N–H and O–H groups in total. The van der Waals surface area contributed by atoms with Crippen LogP contribution in [0.3, 0.4) is 0 Å². The maximum Gasteiger partial charge on any atom is 0.0312 e. The minimum absolute atomic E-state index is 0.718. The molecule has 2 atom stereocenters. The molecule has 1 saturated heterocycles. The zero-order valence-corrected chi connectivity index (χ0v) is 12.3. The number of pyridine rings is 1. The second-order valence-corrected chi connectivity index (χ2v) is 5.61. The van der Waals surface area contributed by atoms with Crippen LogP contribution in [0.25, 0.3) is 0 Å². The quantitative estimate of drug-likeness (QED) is 0.853. The van der Waals surface area contributed by atoms with Gasteiger partial charge in [-0.1, -0.05) is 26.3 Å². The van der Waals surface area contributed by atoms with Crippen LogP contribution >= 0.6 is 0 Å². The van der Waals surface area contributed by atoms with Gasteiger partial charge in [0, 0.05) is 31.5 Å². The first kappa shape index (κ1) is 14.5. The van der Waals surface area contributed by atoms with Crippen molar-refractivity contribution in [2.24, 2.45) is 5.92 Å². The van der Waals surface area contributed by atoms with E-state index in [9.17, 15) is 0 Å². The Labute approximate surface area is 117 Å². The Kier molecular flexibility index (Phi) is 5.80.